The minimum Gasteiger partial charge on any atom is -0.490 e. The highest BCUT2D eigenvalue weighted by Crippen LogP contribution is 2.24. The lowest BCUT2D eigenvalue weighted by Crippen LogP contribution is -2.46. The Balaban J connectivity index is 1.27. The fourth-order valence-corrected chi connectivity index (χ4v) is 4.10. The molecule has 0 unspecified atom stereocenters. The predicted molar refractivity (Wildman–Crippen MR) is 119 cm³/mol. The second-order valence-corrected chi connectivity index (χ2v) is 8.48. The van der Waals surface area contributed by atoms with Crippen LogP contribution in [0.2, 0.25) is 0 Å². The first-order valence-corrected chi connectivity index (χ1v) is 11.0. The van der Waals surface area contributed by atoms with E-state index in [9.17, 15) is 9.59 Å². The Morgan fingerprint density at radius 2 is 1.71 bits per heavy atom. The number of aromatic nitrogens is 1. The molecule has 0 aliphatic carbocycles. The fourth-order valence-electron chi connectivity index (χ4n) is 4.10. The van der Waals surface area contributed by atoms with E-state index in [4.69, 9.17) is 4.74 Å². The Morgan fingerprint density at radius 3 is 2.35 bits per heavy atom. The molecule has 164 valence electrons. The van der Waals surface area contributed by atoms with Crippen molar-refractivity contribution in [2.45, 2.75) is 38.7 Å². The molecule has 2 aromatic rings. The summed E-state index contributed by atoms with van der Waals surface area (Å²) in [5.41, 5.74) is 2.14. The summed E-state index contributed by atoms with van der Waals surface area (Å²) in [6, 6.07) is 11.7. The van der Waals surface area contributed by atoms with Crippen molar-refractivity contribution in [3.05, 3.63) is 54.4 Å². The number of benzene rings is 1. The molecule has 0 bridgehead atoms. The number of amides is 3. The first-order valence-electron chi connectivity index (χ1n) is 11.0. The number of ether oxygens (including phenoxy) is 1. The molecule has 2 fully saturated rings. The van der Waals surface area contributed by atoms with Gasteiger partial charge in [0.1, 0.15) is 18.4 Å². The number of carbonyl (C=O) groups excluding carboxylic acids is 2. The third kappa shape index (κ3) is 4.98. The van der Waals surface area contributed by atoms with Crippen LogP contribution in [0.1, 0.15) is 38.2 Å². The fraction of sp³-hybridized carbons (Fsp3) is 0.458. The average Bonchev–Trinajstić information content (AvgIpc) is 3.15. The lowest BCUT2D eigenvalue weighted by Gasteiger charge is -2.33. The summed E-state index contributed by atoms with van der Waals surface area (Å²) in [4.78, 5) is 34.9. The predicted octanol–water partition coefficient (Wildman–Crippen LogP) is 3.52. The molecule has 4 rings (SSSR count). The Kier molecular flexibility index (Phi) is 6.39. The molecule has 7 nitrogen and oxygen atoms in total. The first-order chi connectivity index (χ1) is 15.0. The Labute approximate surface area is 183 Å². The standard InChI is InChI=1S/C24H30N4O3/c1-18(2)19-3-5-20(6-4-19)28-16-15-27(24(28)30)17-23(29)26-13-9-22(10-14-26)31-21-7-11-25-12-8-21/h3-8,11-12,18,22H,9-10,13-17H2,1-2H3. The first kappa shape index (κ1) is 21.2. The molecule has 2 aliphatic rings. The van der Waals surface area contributed by atoms with Gasteiger partial charge in [0.2, 0.25) is 5.91 Å². The summed E-state index contributed by atoms with van der Waals surface area (Å²) in [6.07, 6.45) is 5.10. The van der Waals surface area contributed by atoms with E-state index in [0.29, 0.717) is 32.1 Å². The number of hydrogen-bond donors (Lipinski definition) is 0. The number of urea groups is 1. The number of anilines is 1. The molecule has 1 aromatic carbocycles. The van der Waals surface area contributed by atoms with Gasteiger partial charge in [0.15, 0.2) is 0 Å². The number of piperidine rings is 1. The highest BCUT2D eigenvalue weighted by molar-refractivity contribution is 5.96. The molecule has 0 atom stereocenters. The molecular weight excluding hydrogens is 392 g/mol. The van der Waals surface area contributed by atoms with Crippen molar-refractivity contribution in [1.29, 1.82) is 0 Å². The van der Waals surface area contributed by atoms with Gasteiger partial charge in [-0.25, -0.2) is 4.79 Å². The van der Waals surface area contributed by atoms with Crippen LogP contribution in [0.4, 0.5) is 10.5 Å². The smallest absolute Gasteiger partial charge is 0.325 e. The van der Waals surface area contributed by atoms with Crippen LogP contribution < -0.4 is 9.64 Å². The van der Waals surface area contributed by atoms with Gasteiger partial charge in [-0.2, -0.15) is 0 Å². The SMILES string of the molecule is CC(C)c1ccc(N2CCN(CC(=O)N3CCC(Oc4ccncc4)CC3)C2=O)cc1. The van der Waals surface area contributed by atoms with Crippen molar-refractivity contribution in [2.75, 3.05) is 37.6 Å². The number of rotatable bonds is 6. The molecule has 0 N–H and O–H groups in total. The Hall–Kier alpha value is -3.09. The van der Waals surface area contributed by atoms with Crippen LogP contribution in [0.15, 0.2) is 48.8 Å². The van der Waals surface area contributed by atoms with Crippen LogP contribution in [0.3, 0.4) is 0 Å². The molecular formula is C24H30N4O3. The van der Waals surface area contributed by atoms with Crippen molar-refractivity contribution >= 4 is 17.6 Å². The third-order valence-corrected chi connectivity index (χ3v) is 6.04. The monoisotopic (exact) mass is 422 g/mol. The molecule has 31 heavy (non-hydrogen) atoms. The lowest BCUT2D eigenvalue weighted by atomic mass is 10.0. The Morgan fingerprint density at radius 1 is 1.03 bits per heavy atom. The van der Waals surface area contributed by atoms with Gasteiger partial charge in [0.05, 0.1) is 0 Å². The summed E-state index contributed by atoms with van der Waals surface area (Å²) in [6.45, 7) is 6.91. The van der Waals surface area contributed by atoms with E-state index in [2.05, 4.69) is 31.0 Å². The zero-order chi connectivity index (χ0) is 21.8. The van der Waals surface area contributed by atoms with Crippen LogP contribution in [-0.4, -0.2) is 65.5 Å². The van der Waals surface area contributed by atoms with E-state index < -0.39 is 0 Å². The van der Waals surface area contributed by atoms with E-state index in [1.165, 1.54) is 5.56 Å². The van der Waals surface area contributed by atoms with Gasteiger partial charge < -0.3 is 14.5 Å². The highest BCUT2D eigenvalue weighted by atomic mass is 16.5. The van der Waals surface area contributed by atoms with Crippen LogP contribution in [0.5, 0.6) is 5.75 Å². The average molecular weight is 423 g/mol. The molecule has 1 aromatic heterocycles. The molecule has 0 spiro atoms. The molecule has 0 saturated carbocycles. The van der Waals surface area contributed by atoms with Gasteiger partial charge in [-0.1, -0.05) is 26.0 Å². The van der Waals surface area contributed by atoms with Crippen molar-refractivity contribution in [2.24, 2.45) is 0 Å². The lowest BCUT2D eigenvalue weighted by molar-refractivity contribution is -0.133. The molecule has 2 saturated heterocycles. The summed E-state index contributed by atoms with van der Waals surface area (Å²) >= 11 is 0. The number of pyridine rings is 1. The largest absolute Gasteiger partial charge is 0.490 e. The van der Waals surface area contributed by atoms with Gasteiger partial charge in [-0.05, 0) is 35.7 Å². The highest BCUT2D eigenvalue weighted by Gasteiger charge is 2.33. The van der Waals surface area contributed by atoms with Gasteiger partial charge in [0.25, 0.3) is 0 Å². The zero-order valence-corrected chi connectivity index (χ0v) is 18.2. The molecule has 7 heteroatoms. The normalized spacial score (nSPS) is 17.5. The second-order valence-electron chi connectivity index (χ2n) is 8.48. The van der Waals surface area contributed by atoms with Gasteiger partial charge in [-0.3, -0.25) is 14.7 Å². The second kappa shape index (κ2) is 9.37. The summed E-state index contributed by atoms with van der Waals surface area (Å²) in [5.74, 6) is 1.27. The quantitative estimate of drug-likeness (QED) is 0.715. The maximum Gasteiger partial charge on any atom is 0.325 e. The minimum atomic E-state index is -0.0958. The van der Waals surface area contributed by atoms with Gasteiger partial charge in [-0.15, -0.1) is 0 Å². The van der Waals surface area contributed by atoms with Gasteiger partial charge in [0, 0.05) is 57.1 Å². The van der Waals surface area contributed by atoms with E-state index in [-0.39, 0.29) is 24.6 Å². The number of hydrogen-bond acceptors (Lipinski definition) is 4. The molecule has 2 aliphatic heterocycles. The molecule has 3 heterocycles. The van der Waals surface area contributed by atoms with Crippen molar-refractivity contribution in [3.63, 3.8) is 0 Å². The van der Waals surface area contributed by atoms with Crippen LogP contribution in [-0.2, 0) is 4.79 Å². The van der Waals surface area contributed by atoms with Crippen molar-refractivity contribution in [1.82, 2.24) is 14.8 Å². The summed E-state index contributed by atoms with van der Waals surface area (Å²) in [7, 11) is 0. The summed E-state index contributed by atoms with van der Waals surface area (Å²) in [5, 5.41) is 0. The molecule has 0 radical (unpaired) electrons. The molecule has 3 amide bonds. The van der Waals surface area contributed by atoms with Crippen LogP contribution in [0, 0.1) is 0 Å². The van der Waals surface area contributed by atoms with Crippen molar-refractivity contribution in [3.8, 4) is 5.75 Å². The minimum absolute atomic E-state index is 0.00715. The topological polar surface area (TPSA) is 66.0 Å². The van der Waals surface area contributed by atoms with Crippen LogP contribution >= 0.6 is 0 Å². The van der Waals surface area contributed by atoms with Crippen molar-refractivity contribution < 1.29 is 14.3 Å². The van der Waals surface area contributed by atoms with E-state index >= 15 is 0 Å². The Bertz CT molecular complexity index is 893. The zero-order valence-electron chi connectivity index (χ0n) is 18.2. The van der Waals surface area contributed by atoms with Crippen LogP contribution in [0.25, 0.3) is 0 Å². The van der Waals surface area contributed by atoms with E-state index in [1.807, 2.05) is 29.2 Å². The maximum absolute atomic E-state index is 12.9. The van der Waals surface area contributed by atoms with Gasteiger partial charge >= 0.3 is 6.03 Å². The third-order valence-electron chi connectivity index (χ3n) is 6.04. The van der Waals surface area contributed by atoms with E-state index in [0.717, 1.165) is 24.3 Å². The van der Waals surface area contributed by atoms with E-state index in [1.54, 1.807) is 22.2 Å². The maximum atomic E-state index is 12.9. The number of likely N-dealkylation sites (tertiary alicyclic amines) is 1. The number of nitrogens with zero attached hydrogens (tertiary/aromatic N) is 4. The number of carbonyl (C=O) groups is 2. The summed E-state index contributed by atoms with van der Waals surface area (Å²) < 4.78 is 5.97.